The van der Waals surface area contributed by atoms with E-state index in [0.717, 1.165) is 54.9 Å². The number of aromatic nitrogens is 3. The zero-order valence-electron chi connectivity index (χ0n) is 14.1. The van der Waals surface area contributed by atoms with E-state index in [1.165, 1.54) is 0 Å². The predicted molar refractivity (Wildman–Crippen MR) is 92.3 cm³/mol. The molecule has 0 amide bonds. The van der Waals surface area contributed by atoms with Crippen molar-refractivity contribution in [2.45, 2.75) is 32.5 Å². The smallest absolute Gasteiger partial charge is 0.151 e. The Bertz CT molecular complexity index is 697. The molecule has 0 unspecified atom stereocenters. The molecule has 4 heterocycles. The standard InChI is InChI=1S/C17H22N4O2S/c1-12-3-4-16(20-19-12)21-10-17(11-21)14(5-6-23-17)7-22-8-15-9-24-13(2)18-15/h3-4,9,14H,5-8,10-11H2,1-2H3/t14-/m1/s1. The molecule has 6 nitrogen and oxygen atoms in total. The van der Waals surface area contributed by atoms with Crippen LogP contribution in [0.1, 0.15) is 22.8 Å². The van der Waals surface area contributed by atoms with Gasteiger partial charge in [-0.25, -0.2) is 4.98 Å². The Morgan fingerprint density at radius 1 is 1.33 bits per heavy atom. The fourth-order valence-electron chi connectivity index (χ4n) is 3.47. The lowest BCUT2D eigenvalue weighted by molar-refractivity contribution is -0.0657. The Morgan fingerprint density at radius 3 is 2.92 bits per heavy atom. The molecule has 0 saturated carbocycles. The maximum Gasteiger partial charge on any atom is 0.151 e. The zero-order chi connectivity index (χ0) is 16.6. The van der Waals surface area contributed by atoms with E-state index in [4.69, 9.17) is 9.47 Å². The summed E-state index contributed by atoms with van der Waals surface area (Å²) in [6.45, 7) is 7.84. The van der Waals surface area contributed by atoms with Crippen LogP contribution in [0.15, 0.2) is 17.5 Å². The first kappa shape index (κ1) is 15.9. The number of rotatable bonds is 5. The van der Waals surface area contributed by atoms with E-state index >= 15 is 0 Å². The van der Waals surface area contributed by atoms with Crippen LogP contribution in [0.3, 0.4) is 0 Å². The van der Waals surface area contributed by atoms with E-state index in [1.807, 2.05) is 26.0 Å². The summed E-state index contributed by atoms with van der Waals surface area (Å²) >= 11 is 1.67. The van der Waals surface area contributed by atoms with Crippen molar-refractivity contribution in [3.8, 4) is 0 Å². The summed E-state index contributed by atoms with van der Waals surface area (Å²) in [7, 11) is 0. The van der Waals surface area contributed by atoms with E-state index in [1.54, 1.807) is 11.3 Å². The number of aryl methyl sites for hydroxylation is 2. The Morgan fingerprint density at radius 2 is 2.21 bits per heavy atom. The molecule has 24 heavy (non-hydrogen) atoms. The summed E-state index contributed by atoms with van der Waals surface area (Å²) in [5.41, 5.74) is 1.88. The molecule has 2 aliphatic rings. The highest BCUT2D eigenvalue weighted by molar-refractivity contribution is 7.09. The van der Waals surface area contributed by atoms with Crippen LogP contribution in [0, 0.1) is 19.8 Å². The lowest BCUT2D eigenvalue weighted by Gasteiger charge is -2.50. The number of hydrogen-bond donors (Lipinski definition) is 0. The largest absolute Gasteiger partial charge is 0.375 e. The van der Waals surface area contributed by atoms with Gasteiger partial charge < -0.3 is 14.4 Å². The van der Waals surface area contributed by atoms with Gasteiger partial charge in [-0.2, -0.15) is 5.10 Å². The molecular formula is C17H22N4O2S. The first-order chi connectivity index (χ1) is 11.6. The van der Waals surface area contributed by atoms with E-state index in [0.29, 0.717) is 12.5 Å². The Balaban J connectivity index is 1.31. The number of thiazole rings is 1. The molecule has 0 bridgehead atoms. The van der Waals surface area contributed by atoms with Gasteiger partial charge in [-0.05, 0) is 32.4 Å². The van der Waals surface area contributed by atoms with Gasteiger partial charge in [0.2, 0.25) is 0 Å². The first-order valence-corrected chi connectivity index (χ1v) is 9.21. The fourth-order valence-corrected chi connectivity index (χ4v) is 4.07. The van der Waals surface area contributed by atoms with Crippen LogP contribution in [0.2, 0.25) is 0 Å². The number of nitrogens with zero attached hydrogens (tertiary/aromatic N) is 4. The minimum Gasteiger partial charge on any atom is -0.375 e. The third kappa shape index (κ3) is 3.03. The molecule has 7 heteroatoms. The maximum atomic E-state index is 6.09. The molecule has 2 fully saturated rings. The van der Waals surface area contributed by atoms with Gasteiger partial charge in [0.1, 0.15) is 5.60 Å². The summed E-state index contributed by atoms with van der Waals surface area (Å²) in [6, 6.07) is 4.03. The molecule has 0 aromatic carbocycles. The van der Waals surface area contributed by atoms with Gasteiger partial charge in [0.25, 0.3) is 0 Å². The van der Waals surface area contributed by atoms with Crippen LogP contribution in [0.5, 0.6) is 0 Å². The minimum absolute atomic E-state index is 0.0788. The van der Waals surface area contributed by atoms with Crippen LogP contribution in [-0.2, 0) is 16.1 Å². The SMILES string of the molecule is Cc1ccc(N2CC3(C2)OCC[C@@H]3COCc2csc(C)n2)nn1. The molecule has 0 radical (unpaired) electrons. The fraction of sp³-hybridized carbons (Fsp3) is 0.588. The van der Waals surface area contributed by atoms with Gasteiger partial charge in [0, 0.05) is 17.9 Å². The van der Waals surface area contributed by atoms with E-state index in [2.05, 4.69) is 25.5 Å². The van der Waals surface area contributed by atoms with Crippen LogP contribution in [0.25, 0.3) is 0 Å². The third-order valence-corrected chi connectivity index (χ3v) is 5.68. The zero-order valence-corrected chi connectivity index (χ0v) is 14.9. The molecule has 2 aliphatic heterocycles. The van der Waals surface area contributed by atoms with Crippen molar-refractivity contribution in [1.29, 1.82) is 0 Å². The minimum atomic E-state index is -0.0788. The van der Waals surface area contributed by atoms with Crippen LogP contribution in [-0.4, -0.2) is 47.1 Å². The topological polar surface area (TPSA) is 60.4 Å². The average molecular weight is 346 g/mol. The summed E-state index contributed by atoms with van der Waals surface area (Å²) in [4.78, 5) is 6.67. The summed E-state index contributed by atoms with van der Waals surface area (Å²) in [5, 5.41) is 11.6. The number of ether oxygens (including phenoxy) is 2. The summed E-state index contributed by atoms with van der Waals surface area (Å²) < 4.78 is 12.0. The van der Waals surface area contributed by atoms with Gasteiger partial charge in [0.15, 0.2) is 5.82 Å². The first-order valence-electron chi connectivity index (χ1n) is 8.33. The van der Waals surface area contributed by atoms with E-state index < -0.39 is 0 Å². The molecule has 4 rings (SSSR count). The average Bonchev–Trinajstić information content (AvgIpc) is 3.13. The summed E-state index contributed by atoms with van der Waals surface area (Å²) in [6.07, 6.45) is 1.06. The van der Waals surface area contributed by atoms with Gasteiger partial charge in [-0.15, -0.1) is 16.4 Å². The second kappa shape index (κ2) is 6.38. The van der Waals surface area contributed by atoms with Gasteiger partial charge in [0.05, 0.1) is 42.7 Å². The van der Waals surface area contributed by atoms with E-state index in [-0.39, 0.29) is 5.60 Å². The maximum absolute atomic E-state index is 6.09. The molecule has 0 N–H and O–H groups in total. The van der Waals surface area contributed by atoms with Crippen LogP contribution in [0.4, 0.5) is 5.82 Å². The molecule has 2 saturated heterocycles. The molecule has 2 aromatic heterocycles. The normalized spacial score (nSPS) is 22.1. The van der Waals surface area contributed by atoms with Gasteiger partial charge >= 0.3 is 0 Å². The second-order valence-corrected chi connectivity index (χ2v) is 7.72. The van der Waals surface area contributed by atoms with Crippen molar-refractivity contribution < 1.29 is 9.47 Å². The van der Waals surface area contributed by atoms with Crippen molar-refractivity contribution in [1.82, 2.24) is 15.2 Å². The highest BCUT2D eigenvalue weighted by Crippen LogP contribution is 2.41. The van der Waals surface area contributed by atoms with Gasteiger partial charge in [-0.3, -0.25) is 0 Å². The Hall–Kier alpha value is -1.57. The third-order valence-electron chi connectivity index (χ3n) is 4.86. The predicted octanol–water partition coefficient (Wildman–Crippen LogP) is 2.36. The molecule has 1 atom stereocenters. The molecular weight excluding hydrogens is 324 g/mol. The Kier molecular flexibility index (Phi) is 4.24. The quantitative estimate of drug-likeness (QED) is 0.828. The lowest BCUT2D eigenvalue weighted by Crippen LogP contribution is -2.65. The number of anilines is 1. The van der Waals surface area contributed by atoms with E-state index in [9.17, 15) is 0 Å². The van der Waals surface area contributed by atoms with Gasteiger partial charge in [-0.1, -0.05) is 0 Å². The van der Waals surface area contributed by atoms with Crippen molar-refractivity contribution in [3.05, 3.63) is 33.9 Å². The molecule has 2 aromatic rings. The Labute approximate surface area is 145 Å². The molecule has 1 spiro atoms. The lowest BCUT2D eigenvalue weighted by atomic mass is 9.81. The van der Waals surface area contributed by atoms with Crippen molar-refractivity contribution in [2.75, 3.05) is 31.2 Å². The van der Waals surface area contributed by atoms with Crippen molar-refractivity contribution >= 4 is 17.2 Å². The molecule has 0 aliphatic carbocycles. The van der Waals surface area contributed by atoms with Crippen LogP contribution >= 0.6 is 11.3 Å². The van der Waals surface area contributed by atoms with Crippen molar-refractivity contribution in [2.24, 2.45) is 5.92 Å². The monoisotopic (exact) mass is 346 g/mol. The number of hydrogen-bond acceptors (Lipinski definition) is 7. The molecule has 128 valence electrons. The highest BCUT2D eigenvalue weighted by Gasteiger charge is 2.53. The summed E-state index contributed by atoms with van der Waals surface area (Å²) in [5.74, 6) is 1.37. The van der Waals surface area contributed by atoms with Crippen LogP contribution < -0.4 is 4.90 Å². The van der Waals surface area contributed by atoms with Crippen molar-refractivity contribution in [3.63, 3.8) is 0 Å². The highest BCUT2D eigenvalue weighted by atomic mass is 32.1. The second-order valence-electron chi connectivity index (χ2n) is 6.66.